The topological polar surface area (TPSA) is 32.3 Å². The summed E-state index contributed by atoms with van der Waals surface area (Å²) in [7, 11) is 1.73. The van der Waals surface area contributed by atoms with Gasteiger partial charge in [-0.15, -0.1) is 0 Å². The lowest BCUT2D eigenvalue weighted by atomic mass is 10.1. The van der Waals surface area contributed by atoms with Crippen LogP contribution >= 0.6 is 11.6 Å². The van der Waals surface area contributed by atoms with Crippen LogP contribution in [0.5, 0.6) is 0 Å². The second-order valence-electron chi connectivity index (χ2n) is 5.09. The van der Waals surface area contributed by atoms with E-state index in [1.165, 1.54) is 12.1 Å². The predicted octanol–water partition coefficient (Wildman–Crippen LogP) is 3.86. The summed E-state index contributed by atoms with van der Waals surface area (Å²) in [6.45, 7) is 0.993. The summed E-state index contributed by atoms with van der Waals surface area (Å²) < 4.78 is 12.8. The highest BCUT2D eigenvalue weighted by Crippen LogP contribution is 2.12. The summed E-state index contributed by atoms with van der Waals surface area (Å²) in [5.74, 6) is -0.256. The van der Waals surface area contributed by atoms with Gasteiger partial charge in [0.1, 0.15) is 5.82 Å². The van der Waals surface area contributed by atoms with Crippen molar-refractivity contribution < 1.29 is 9.18 Å². The Morgan fingerprint density at radius 2 is 1.91 bits per heavy atom. The van der Waals surface area contributed by atoms with Crippen molar-refractivity contribution >= 4 is 17.6 Å². The van der Waals surface area contributed by atoms with Crippen molar-refractivity contribution in [1.82, 2.24) is 10.2 Å². The highest BCUT2D eigenvalue weighted by atomic mass is 35.5. The number of benzene rings is 2. The lowest BCUT2D eigenvalue weighted by Crippen LogP contribution is -2.37. The quantitative estimate of drug-likeness (QED) is 0.891. The molecule has 0 aliphatic carbocycles. The highest BCUT2D eigenvalue weighted by molar-refractivity contribution is 6.30. The second kappa shape index (κ2) is 7.80. The van der Waals surface area contributed by atoms with E-state index in [1.807, 2.05) is 18.2 Å². The number of halogens is 2. The molecular weight excluding hydrogens is 303 g/mol. The van der Waals surface area contributed by atoms with E-state index in [9.17, 15) is 9.18 Å². The van der Waals surface area contributed by atoms with Crippen LogP contribution in [0.25, 0.3) is 0 Å². The van der Waals surface area contributed by atoms with E-state index >= 15 is 0 Å². The van der Waals surface area contributed by atoms with Crippen LogP contribution in [0.15, 0.2) is 48.5 Å². The van der Waals surface area contributed by atoms with Crippen molar-refractivity contribution in [2.24, 2.45) is 0 Å². The third-order valence-corrected chi connectivity index (χ3v) is 3.49. The molecule has 0 unspecified atom stereocenters. The monoisotopic (exact) mass is 320 g/mol. The molecule has 1 N–H and O–H groups in total. The number of nitrogens with zero attached hydrogens (tertiary/aromatic N) is 1. The maximum Gasteiger partial charge on any atom is 0.317 e. The molecule has 0 aromatic heterocycles. The van der Waals surface area contributed by atoms with Crippen molar-refractivity contribution in [3.05, 3.63) is 70.5 Å². The minimum atomic E-state index is -0.256. The molecule has 5 heteroatoms. The fourth-order valence-electron chi connectivity index (χ4n) is 2.08. The van der Waals surface area contributed by atoms with Crippen molar-refractivity contribution in [1.29, 1.82) is 0 Å². The Labute approximate surface area is 134 Å². The van der Waals surface area contributed by atoms with E-state index in [1.54, 1.807) is 30.1 Å². The molecule has 0 radical (unpaired) electrons. The zero-order valence-corrected chi connectivity index (χ0v) is 13.1. The summed E-state index contributed by atoms with van der Waals surface area (Å²) in [6.07, 6.45) is 0.664. The maximum atomic E-state index is 12.8. The Kier molecular flexibility index (Phi) is 5.78. The van der Waals surface area contributed by atoms with Gasteiger partial charge in [0, 0.05) is 25.2 Å². The minimum Gasteiger partial charge on any atom is -0.338 e. The fraction of sp³-hybridized carbons (Fsp3) is 0.235. The molecule has 0 aliphatic heterocycles. The summed E-state index contributed by atoms with van der Waals surface area (Å²) in [6, 6.07) is 13.5. The van der Waals surface area contributed by atoms with Crippen LogP contribution in [0, 0.1) is 5.82 Å². The van der Waals surface area contributed by atoms with E-state index in [4.69, 9.17) is 11.6 Å². The first-order valence-electron chi connectivity index (χ1n) is 7.02. The first-order chi connectivity index (χ1) is 10.5. The molecule has 0 saturated carbocycles. The molecule has 22 heavy (non-hydrogen) atoms. The van der Waals surface area contributed by atoms with Crippen LogP contribution in [0.4, 0.5) is 9.18 Å². The van der Waals surface area contributed by atoms with Gasteiger partial charge in [0.05, 0.1) is 0 Å². The molecule has 0 atom stereocenters. The average molecular weight is 321 g/mol. The van der Waals surface area contributed by atoms with Crippen LogP contribution in [0.2, 0.25) is 5.02 Å². The summed E-state index contributed by atoms with van der Waals surface area (Å²) in [5.41, 5.74) is 1.96. The maximum absolute atomic E-state index is 12.8. The number of hydrogen-bond donors (Lipinski definition) is 1. The molecule has 0 fully saturated rings. The van der Waals surface area contributed by atoms with Crippen molar-refractivity contribution in [2.75, 3.05) is 13.6 Å². The van der Waals surface area contributed by atoms with Crippen LogP contribution < -0.4 is 5.32 Å². The Morgan fingerprint density at radius 1 is 1.18 bits per heavy atom. The first kappa shape index (κ1) is 16.3. The van der Waals surface area contributed by atoms with Crippen molar-refractivity contribution in [3.63, 3.8) is 0 Å². The van der Waals surface area contributed by atoms with E-state index in [2.05, 4.69) is 5.32 Å². The van der Waals surface area contributed by atoms with Gasteiger partial charge in [-0.05, 0) is 41.8 Å². The number of urea groups is 1. The van der Waals surface area contributed by atoms with Gasteiger partial charge in [-0.1, -0.05) is 35.9 Å². The molecule has 2 aromatic carbocycles. The third-order valence-electron chi connectivity index (χ3n) is 3.26. The van der Waals surface area contributed by atoms with Crippen LogP contribution in [0.1, 0.15) is 11.1 Å². The van der Waals surface area contributed by atoms with Gasteiger partial charge >= 0.3 is 6.03 Å². The Balaban J connectivity index is 1.77. The molecule has 0 aliphatic rings. The lowest BCUT2D eigenvalue weighted by Gasteiger charge is -2.18. The van der Waals surface area contributed by atoms with E-state index in [0.717, 1.165) is 11.1 Å². The number of nitrogens with one attached hydrogen (secondary N) is 1. The van der Waals surface area contributed by atoms with Crippen molar-refractivity contribution in [3.8, 4) is 0 Å². The van der Waals surface area contributed by atoms with Gasteiger partial charge in [0.15, 0.2) is 0 Å². The number of rotatable bonds is 5. The smallest absolute Gasteiger partial charge is 0.317 e. The number of carbonyl (C=O) groups excluding carboxylic acids is 1. The molecule has 0 saturated heterocycles. The van der Waals surface area contributed by atoms with Crippen LogP contribution in [-0.2, 0) is 13.0 Å². The molecule has 2 rings (SSSR count). The Bertz CT molecular complexity index is 631. The normalized spacial score (nSPS) is 10.3. The van der Waals surface area contributed by atoms with Gasteiger partial charge in [-0.2, -0.15) is 0 Å². The number of amides is 2. The standard InChI is InChI=1S/C17H18ClFN2O/c1-21(12-14-3-2-4-15(18)11-14)17(22)20-10-9-13-5-7-16(19)8-6-13/h2-8,11H,9-10,12H2,1H3,(H,20,22). The van der Waals surface area contributed by atoms with Crippen LogP contribution in [0.3, 0.4) is 0 Å². The zero-order chi connectivity index (χ0) is 15.9. The Hall–Kier alpha value is -2.07. The first-order valence-corrected chi connectivity index (χ1v) is 7.40. The summed E-state index contributed by atoms with van der Waals surface area (Å²) in [5, 5.41) is 3.50. The zero-order valence-electron chi connectivity index (χ0n) is 12.4. The third kappa shape index (κ3) is 5.04. The molecule has 0 bridgehead atoms. The Morgan fingerprint density at radius 3 is 2.59 bits per heavy atom. The molecule has 0 spiro atoms. The average Bonchev–Trinajstić information content (AvgIpc) is 2.49. The van der Waals surface area contributed by atoms with E-state index in [0.29, 0.717) is 24.5 Å². The van der Waals surface area contributed by atoms with E-state index in [-0.39, 0.29) is 11.8 Å². The van der Waals surface area contributed by atoms with Gasteiger partial charge in [0.25, 0.3) is 0 Å². The van der Waals surface area contributed by atoms with Gasteiger partial charge < -0.3 is 10.2 Å². The van der Waals surface area contributed by atoms with Crippen LogP contribution in [-0.4, -0.2) is 24.5 Å². The molecule has 2 amide bonds. The lowest BCUT2D eigenvalue weighted by molar-refractivity contribution is 0.207. The molecule has 116 valence electrons. The predicted molar refractivity (Wildman–Crippen MR) is 86.4 cm³/mol. The molecule has 3 nitrogen and oxygen atoms in total. The molecule has 2 aromatic rings. The summed E-state index contributed by atoms with van der Waals surface area (Å²) >= 11 is 5.92. The van der Waals surface area contributed by atoms with Gasteiger partial charge in [0.2, 0.25) is 0 Å². The van der Waals surface area contributed by atoms with Gasteiger partial charge in [-0.3, -0.25) is 0 Å². The summed E-state index contributed by atoms with van der Waals surface area (Å²) in [4.78, 5) is 13.6. The van der Waals surface area contributed by atoms with Gasteiger partial charge in [-0.25, -0.2) is 9.18 Å². The number of carbonyl (C=O) groups is 1. The number of hydrogen-bond acceptors (Lipinski definition) is 1. The van der Waals surface area contributed by atoms with Crippen molar-refractivity contribution in [2.45, 2.75) is 13.0 Å². The molecule has 0 heterocycles. The molecular formula is C17H18ClFN2O. The largest absolute Gasteiger partial charge is 0.338 e. The van der Waals surface area contributed by atoms with E-state index < -0.39 is 0 Å². The fourth-order valence-corrected chi connectivity index (χ4v) is 2.29. The second-order valence-corrected chi connectivity index (χ2v) is 5.53. The highest BCUT2D eigenvalue weighted by Gasteiger charge is 2.08. The SMILES string of the molecule is CN(Cc1cccc(Cl)c1)C(=O)NCCc1ccc(F)cc1. The minimum absolute atomic E-state index is 0.151.